The average Bonchev–Trinajstić information content (AvgIpc) is 3.06. The zero-order valence-electron chi connectivity index (χ0n) is 11.9. The molecule has 0 saturated heterocycles. The number of hydrogen-bond donors (Lipinski definition) is 0. The van der Waals surface area contributed by atoms with Crippen molar-refractivity contribution >= 4 is 15.8 Å². The molecule has 0 unspecified atom stereocenters. The Kier molecular flexibility index (Phi) is 3.20. The Morgan fingerprint density at radius 3 is 2.67 bits per heavy atom. The lowest BCUT2D eigenvalue weighted by Crippen LogP contribution is -2.22. The normalized spacial score (nSPS) is 14.7. The fraction of sp³-hybridized carbons (Fsp3) is 0.333. The van der Waals surface area contributed by atoms with Gasteiger partial charge in [-0.3, -0.25) is 4.79 Å². The highest BCUT2D eigenvalue weighted by Crippen LogP contribution is 2.28. The van der Waals surface area contributed by atoms with Gasteiger partial charge in [0.05, 0.1) is 17.6 Å². The second-order valence-electron chi connectivity index (χ2n) is 5.49. The van der Waals surface area contributed by atoms with Crippen LogP contribution in [-0.2, 0) is 16.4 Å². The van der Waals surface area contributed by atoms with Gasteiger partial charge >= 0.3 is 0 Å². The van der Waals surface area contributed by atoms with Gasteiger partial charge < -0.3 is 0 Å². The summed E-state index contributed by atoms with van der Waals surface area (Å²) in [5, 5.41) is 3.43. The molecular formula is C15H16N2O3S. The van der Waals surface area contributed by atoms with Crippen molar-refractivity contribution in [3.8, 4) is 11.1 Å². The van der Waals surface area contributed by atoms with E-state index in [9.17, 15) is 13.2 Å². The summed E-state index contributed by atoms with van der Waals surface area (Å²) in [5.41, 5.74) is 3.42. The molecule has 21 heavy (non-hydrogen) atoms. The summed E-state index contributed by atoms with van der Waals surface area (Å²) in [7, 11) is -3.43. The predicted molar refractivity (Wildman–Crippen MR) is 79.8 cm³/mol. The fourth-order valence-electron chi connectivity index (χ4n) is 2.44. The van der Waals surface area contributed by atoms with Gasteiger partial charge in [0.1, 0.15) is 0 Å². The summed E-state index contributed by atoms with van der Waals surface area (Å²) in [5.74, 6) is 0.176. The highest BCUT2D eigenvalue weighted by atomic mass is 32.2. The van der Waals surface area contributed by atoms with Crippen LogP contribution >= 0.6 is 0 Å². The molecule has 0 radical (unpaired) electrons. The average molecular weight is 304 g/mol. The van der Waals surface area contributed by atoms with Crippen LogP contribution in [0.25, 0.3) is 11.1 Å². The van der Waals surface area contributed by atoms with E-state index in [0.29, 0.717) is 6.42 Å². The highest BCUT2D eigenvalue weighted by Gasteiger charge is 2.22. The molecule has 0 atom stereocenters. The molecule has 0 fully saturated rings. The summed E-state index contributed by atoms with van der Waals surface area (Å²) in [4.78, 5) is 11.6. The molecule has 6 heteroatoms. The molecule has 1 heterocycles. The predicted octanol–water partition coefficient (Wildman–Crippen LogP) is 2.27. The number of rotatable bonds is 3. The minimum absolute atomic E-state index is 0.176. The minimum Gasteiger partial charge on any atom is -0.294 e. The van der Waals surface area contributed by atoms with Gasteiger partial charge in [0.2, 0.25) is 0 Å². The topological polar surface area (TPSA) is 69.0 Å². The Labute approximate surface area is 123 Å². The molecule has 0 aliphatic heterocycles. The number of hydrogen-bond acceptors (Lipinski definition) is 4. The van der Waals surface area contributed by atoms with Crippen LogP contribution in [-0.4, -0.2) is 28.6 Å². The van der Waals surface area contributed by atoms with Crippen molar-refractivity contribution < 1.29 is 13.2 Å². The lowest BCUT2D eigenvalue weighted by atomic mass is 10.0. The van der Waals surface area contributed by atoms with Gasteiger partial charge in [-0.15, -0.1) is 0 Å². The van der Waals surface area contributed by atoms with Crippen LogP contribution in [0, 0.1) is 0 Å². The molecule has 1 aromatic heterocycles. The summed E-state index contributed by atoms with van der Waals surface area (Å²) in [6, 6.07) is 5.60. The molecule has 1 aliphatic carbocycles. The van der Waals surface area contributed by atoms with E-state index in [1.807, 2.05) is 18.2 Å². The van der Waals surface area contributed by atoms with Crippen LogP contribution in [0.2, 0.25) is 0 Å². The first-order chi connectivity index (χ1) is 9.89. The Hall–Kier alpha value is -1.95. The van der Waals surface area contributed by atoms with Crippen molar-refractivity contribution in [2.75, 3.05) is 0 Å². The molecule has 0 N–H and O–H groups in total. The van der Waals surface area contributed by atoms with Crippen molar-refractivity contribution in [3.05, 3.63) is 41.7 Å². The van der Waals surface area contributed by atoms with Crippen molar-refractivity contribution in [2.24, 2.45) is 0 Å². The van der Waals surface area contributed by atoms with Gasteiger partial charge in [-0.2, -0.15) is 9.19 Å². The molecule has 0 saturated carbocycles. The number of nitrogens with zero attached hydrogens (tertiary/aromatic N) is 2. The van der Waals surface area contributed by atoms with Crippen LogP contribution < -0.4 is 0 Å². The van der Waals surface area contributed by atoms with Crippen LogP contribution in [0.3, 0.4) is 0 Å². The maximum atomic E-state index is 12.1. The van der Waals surface area contributed by atoms with Crippen LogP contribution in [0.4, 0.5) is 0 Å². The van der Waals surface area contributed by atoms with E-state index in [2.05, 4.69) is 5.10 Å². The summed E-state index contributed by atoms with van der Waals surface area (Å²) >= 11 is 0. The maximum absolute atomic E-state index is 12.1. The minimum atomic E-state index is -3.43. The third kappa shape index (κ3) is 2.29. The molecule has 110 valence electrons. The smallest absolute Gasteiger partial charge is 0.256 e. The van der Waals surface area contributed by atoms with Crippen molar-refractivity contribution in [1.82, 2.24) is 9.19 Å². The van der Waals surface area contributed by atoms with Crippen molar-refractivity contribution in [3.63, 3.8) is 0 Å². The van der Waals surface area contributed by atoms with E-state index >= 15 is 0 Å². The zero-order chi connectivity index (χ0) is 15.2. The van der Waals surface area contributed by atoms with Crippen LogP contribution in [0.5, 0.6) is 0 Å². The largest absolute Gasteiger partial charge is 0.294 e. The van der Waals surface area contributed by atoms with Crippen LogP contribution in [0.1, 0.15) is 36.2 Å². The van der Waals surface area contributed by atoms with E-state index in [1.54, 1.807) is 20.0 Å². The monoisotopic (exact) mass is 304 g/mol. The van der Waals surface area contributed by atoms with Gasteiger partial charge in [0.25, 0.3) is 10.0 Å². The van der Waals surface area contributed by atoms with Gasteiger partial charge in [-0.05, 0) is 31.4 Å². The van der Waals surface area contributed by atoms with E-state index in [1.165, 1.54) is 6.20 Å². The van der Waals surface area contributed by atoms with E-state index in [4.69, 9.17) is 0 Å². The molecule has 1 aromatic carbocycles. The molecule has 5 nitrogen and oxygen atoms in total. The number of aryl methyl sites for hydroxylation is 1. The number of ketones is 1. The van der Waals surface area contributed by atoms with Gasteiger partial charge in [-0.1, -0.05) is 18.2 Å². The lowest BCUT2D eigenvalue weighted by molar-refractivity contribution is 0.0994. The van der Waals surface area contributed by atoms with Gasteiger partial charge in [-0.25, -0.2) is 8.42 Å². The molecule has 0 bridgehead atoms. The third-order valence-electron chi connectivity index (χ3n) is 3.78. The molecule has 0 amide bonds. The number of fused-ring (bicyclic) bond motifs is 1. The van der Waals surface area contributed by atoms with Crippen molar-refractivity contribution in [1.29, 1.82) is 0 Å². The highest BCUT2D eigenvalue weighted by molar-refractivity contribution is 7.90. The zero-order valence-corrected chi connectivity index (χ0v) is 12.7. The van der Waals surface area contributed by atoms with E-state index in [-0.39, 0.29) is 5.78 Å². The Balaban J connectivity index is 2.00. The molecule has 2 aromatic rings. The summed E-state index contributed by atoms with van der Waals surface area (Å²) in [6.07, 6.45) is 4.37. The number of Topliss-reactive ketones (excluding diaryl/α,β-unsaturated/α-hetero) is 1. The fourth-order valence-corrected chi connectivity index (χ4v) is 3.32. The van der Waals surface area contributed by atoms with E-state index < -0.39 is 15.3 Å². The quantitative estimate of drug-likeness (QED) is 0.872. The number of carbonyl (C=O) groups is 1. The molecule has 3 rings (SSSR count). The third-order valence-corrected chi connectivity index (χ3v) is 5.69. The molecule has 1 aliphatic rings. The van der Waals surface area contributed by atoms with Crippen LogP contribution in [0.15, 0.2) is 30.6 Å². The first-order valence-corrected chi connectivity index (χ1v) is 8.35. The van der Waals surface area contributed by atoms with Crippen molar-refractivity contribution in [2.45, 2.75) is 31.9 Å². The Bertz CT molecular complexity index is 819. The number of benzene rings is 1. The second-order valence-corrected chi connectivity index (χ2v) is 7.84. The van der Waals surface area contributed by atoms with E-state index in [0.717, 1.165) is 32.8 Å². The standard InChI is InChI=1S/C15H16N2O3S/c1-10(2)21(19,20)17-9-13(8-16-17)11-3-5-14-12(7-11)4-6-15(14)18/h3,5,7-10H,4,6H2,1-2H3. The molecule has 0 spiro atoms. The molecular weight excluding hydrogens is 288 g/mol. The first kappa shape index (κ1) is 14.0. The summed E-state index contributed by atoms with van der Waals surface area (Å²) in [6.45, 7) is 3.25. The SMILES string of the molecule is CC(C)S(=O)(=O)n1cc(-c2ccc3c(c2)CCC3=O)cn1. The lowest BCUT2D eigenvalue weighted by Gasteiger charge is -2.06. The number of aromatic nitrogens is 2. The van der Waals surface area contributed by atoms with Gasteiger partial charge in [0.15, 0.2) is 5.78 Å². The Morgan fingerprint density at radius 1 is 1.19 bits per heavy atom. The maximum Gasteiger partial charge on any atom is 0.256 e. The number of carbonyl (C=O) groups excluding carboxylic acids is 1. The summed E-state index contributed by atoms with van der Waals surface area (Å²) < 4.78 is 25.1. The second kappa shape index (κ2) is 4.80. The van der Waals surface area contributed by atoms with Gasteiger partial charge in [0, 0.05) is 17.5 Å². The first-order valence-electron chi connectivity index (χ1n) is 6.85. The Morgan fingerprint density at radius 2 is 1.95 bits per heavy atom.